The predicted molar refractivity (Wildman–Crippen MR) is 74.0 cm³/mol. The van der Waals surface area contributed by atoms with Gasteiger partial charge in [-0.05, 0) is 49.9 Å². The Hall–Kier alpha value is -1.48. The van der Waals surface area contributed by atoms with Crippen molar-refractivity contribution in [3.05, 3.63) is 40.6 Å². The zero-order valence-electron chi connectivity index (χ0n) is 11.2. The third-order valence-corrected chi connectivity index (χ3v) is 2.94. The van der Waals surface area contributed by atoms with Crippen LogP contribution in [0.15, 0.2) is 18.3 Å². The number of rotatable bonds is 4. The average Bonchev–Trinajstić information content (AvgIpc) is 2.23. The standard InChI is InChI=1S/C14H23N3/c1-5-6-17(16)9-14(15)13-8-11(3)10(2)7-12(13)4/h7-9H,5-6,15-16H2,1-4H3/b14-9-. The fraction of sp³-hybridized carbons (Fsp3) is 0.429. The zero-order valence-corrected chi connectivity index (χ0v) is 11.2. The van der Waals surface area contributed by atoms with Gasteiger partial charge >= 0.3 is 0 Å². The molecule has 3 nitrogen and oxygen atoms in total. The van der Waals surface area contributed by atoms with Crippen molar-refractivity contribution in [3.63, 3.8) is 0 Å². The molecule has 1 aromatic carbocycles. The minimum Gasteiger partial charge on any atom is -0.397 e. The summed E-state index contributed by atoms with van der Waals surface area (Å²) in [4.78, 5) is 0. The Morgan fingerprint density at radius 3 is 2.35 bits per heavy atom. The Morgan fingerprint density at radius 2 is 1.76 bits per heavy atom. The van der Waals surface area contributed by atoms with Crippen LogP contribution in [-0.2, 0) is 0 Å². The highest BCUT2D eigenvalue weighted by atomic mass is 15.4. The molecule has 0 amide bonds. The Labute approximate surface area is 104 Å². The number of nitrogens with zero attached hydrogens (tertiary/aromatic N) is 1. The highest BCUT2D eigenvalue weighted by Gasteiger charge is 2.05. The van der Waals surface area contributed by atoms with Gasteiger partial charge in [0.25, 0.3) is 0 Å². The predicted octanol–water partition coefficient (Wildman–Crippen LogP) is 2.45. The molecule has 1 rings (SSSR count). The van der Waals surface area contributed by atoms with E-state index in [0.29, 0.717) is 0 Å². The summed E-state index contributed by atoms with van der Waals surface area (Å²) in [7, 11) is 0. The molecule has 0 radical (unpaired) electrons. The van der Waals surface area contributed by atoms with E-state index in [1.807, 2.05) is 0 Å². The molecular weight excluding hydrogens is 210 g/mol. The first-order valence-electron chi connectivity index (χ1n) is 6.02. The van der Waals surface area contributed by atoms with Gasteiger partial charge in [-0.2, -0.15) is 0 Å². The molecule has 3 heteroatoms. The molecule has 1 aromatic rings. The van der Waals surface area contributed by atoms with Crippen LogP contribution >= 0.6 is 0 Å². The monoisotopic (exact) mass is 233 g/mol. The fourth-order valence-corrected chi connectivity index (χ4v) is 1.84. The van der Waals surface area contributed by atoms with Crippen molar-refractivity contribution in [1.82, 2.24) is 5.01 Å². The summed E-state index contributed by atoms with van der Waals surface area (Å²) in [6, 6.07) is 4.28. The Bertz CT molecular complexity index is 422. The number of hydrazine groups is 1. The number of benzene rings is 1. The number of nitrogens with two attached hydrogens (primary N) is 2. The Kier molecular flexibility index (Phi) is 4.58. The summed E-state index contributed by atoms with van der Waals surface area (Å²) in [5.74, 6) is 5.82. The Balaban J connectivity index is 3.03. The molecule has 0 aliphatic heterocycles. The smallest absolute Gasteiger partial charge is 0.0567 e. The van der Waals surface area contributed by atoms with Crippen LogP contribution in [0.25, 0.3) is 5.70 Å². The maximum Gasteiger partial charge on any atom is 0.0567 e. The second-order valence-corrected chi connectivity index (χ2v) is 4.57. The van der Waals surface area contributed by atoms with Gasteiger partial charge in [0, 0.05) is 18.3 Å². The molecule has 0 aliphatic rings. The third kappa shape index (κ3) is 3.49. The van der Waals surface area contributed by atoms with E-state index in [9.17, 15) is 0 Å². The normalized spacial score (nSPS) is 11.7. The second-order valence-electron chi connectivity index (χ2n) is 4.57. The van der Waals surface area contributed by atoms with Crippen molar-refractivity contribution < 1.29 is 0 Å². The molecule has 0 heterocycles. The summed E-state index contributed by atoms with van der Waals surface area (Å²) < 4.78 is 0. The molecule has 4 N–H and O–H groups in total. The lowest BCUT2D eigenvalue weighted by molar-refractivity contribution is 0.394. The lowest BCUT2D eigenvalue weighted by Gasteiger charge is -2.15. The van der Waals surface area contributed by atoms with E-state index in [4.69, 9.17) is 11.6 Å². The molecule has 0 aromatic heterocycles. The largest absolute Gasteiger partial charge is 0.397 e. The molecule has 0 spiro atoms. The van der Waals surface area contributed by atoms with Crippen LogP contribution in [0.4, 0.5) is 0 Å². The van der Waals surface area contributed by atoms with E-state index in [0.717, 1.165) is 24.2 Å². The van der Waals surface area contributed by atoms with Crippen molar-refractivity contribution in [2.75, 3.05) is 6.54 Å². The summed E-state index contributed by atoms with van der Waals surface area (Å²) in [5, 5.41) is 1.64. The topological polar surface area (TPSA) is 55.3 Å². The summed E-state index contributed by atoms with van der Waals surface area (Å²) in [5.41, 5.74) is 11.6. The van der Waals surface area contributed by atoms with E-state index < -0.39 is 0 Å². The van der Waals surface area contributed by atoms with Gasteiger partial charge in [-0.15, -0.1) is 0 Å². The molecule has 0 saturated heterocycles. The SMILES string of the molecule is CCCN(N)/C=C(\N)c1cc(C)c(C)cc1C. The van der Waals surface area contributed by atoms with Crippen LogP contribution in [0.3, 0.4) is 0 Å². The van der Waals surface area contributed by atoms with E-state index in [2.05, 4.69) is 39.8 Å². The molecule has 0 unspecified atom stereocenters. The lowest BCUT2D eigenvalue weighted by atomic mass is 9.99. The lowest BCUT2D eigenvalue weighted by Crippen LogP contribution is -2.27. The molecule has 0 aliphatic carbocycles. The van der Waals surface area contributed by atoms with Gasteiger partial charge in [0.1, 0.15) is 0 Å². The maximum atomic E-state index is 6.09. The van der Waals surface area contributed by atoms with Crippen LogP contribution < -0.4 is 11.6 Å². The first kappa shape index (κ1) is 13.6. The van der Waals surface area contributed by atoms with Crippen LogP contribution in [-0.4, -0.2) is 11.6 Å². The average molecular weight is 233 g/mol. The number of hydrogen-bond donors (Lipinski definition) is 2. The van der Waals surface area contributed by atoms with Crippen LogP contribution in [0.2, 0.25) is 0 Å². The van der Waals surface area contributed by atoms with Crippen molar-refractivity contribution in [2.24, 2.45) is 11.6 Å². The molecule has 17 heavy (non-hydrogen) atoms. The summed E-state index contributed by atoms with van der Waals surface area (Å²) in [6.07, 6.45) is 2.81. The van der Waals surface area contributed by atoms with Crippen molar-refractivity contribution >= 4 is 5.70 Å². The van der Waals surface area contributed by atoms with Gasteiger partial charge < -0.3 is 10.7 Å². The zero-order chi connectivity index (χ0) is 13.0. The first-order chi connectivity index (χ1) is 7.95. The molecular formula is C14H23N3. The molecule has 0 saturated carbocycles. The van der Waals surface area contributed by atoms with Crippen LogP contribution in [0.5, 0.6) is 0 Å². The van der Waals surface area contributed by atoms with Gasteiger partial charge in [0.15, 0.2) is 0 Å². The highest BCUT2D eigenvalue weighted by Crippen LogP contribution is 2.19. The van der Waals surface area contributed by atoms with Crippen LogP contribution in [0.1, 0.15) is 35.6 Å². The van der Waals surface area contributed by atoms with Crippen LogP contribution in [0, 0.1) is 20.8 Å². The fourth-order valence-electron chi connectivity index (χ4n) is 1.84. The highest BCUT2D eigenvalue weighted by molar-refractivity contribution is 5.66. The van der Waals surface area contributed by atoms with Gasteiger partial charge in [-0.3, -0.25) is 0 Å². The van der Waals surface area contributed by atoms with Crippen molar-refractivity contribution in [3.8, 4) is 0 Å². The van der Waals surface area contributed by atoms with E-state index in [-0.39, 0.29) is 0 Å². The number of aryl methyl sites for hydroxylation is 3. The number of hydrogen-bond acceptors (Lipinski definition) is 3. The maximum absolute atomic E-state index is 6.09. The first-order valence-corrected chi connectivity index (χ1v) is 6.02. The van der Waals surface area contributed by atoms with Gasteiger partial charge in [-0.25, -0.2) is 5.84 Å². The quantitative estimate of drug-likeness (QED) is 0.620. The molecule has 0 bridgehead atoms. The second kappa shape index (κ2) is 5.73. The molecule has 0 fully saturated rings. The third-order valence-electron chi connectivity index (χ3n) is 2.94. The summed E-state index contributed by atoms with van der Waals surface area (Å²) >= 11 is 0. The van der Waals surface area contributed by atoms with E-state index in [1.54, 1.807) is 11.2 Å². The van der Waals surface area contributed by atoms with Crippen molar-refractivity contribution in [1.29, 1.82) is 0 Å². The van der Waals surface area contributed by atoms with E-state index in [1.165, 1.54) is 16.7 Å². The van der Waals surface area contributed by atoms with Crippen molar-refractivity contribution in [2.45, 2.75) is 34.1 Å². The molecule has 94 valence electrons. The molecule has 0 atom stereocenters. The Morgan fingerprint density at radius 1 is 1.18 bits per heavy atom. The minimum absolute atomic E-state index is 0.724. The summed E-state index contributed by atoms with van der Waals surface area (Å²) in [6.45, 7) is 9.18. The van der Waals surface area contributed by atoms with E-state index >= 15 is 0 Å². The van der Waals surface area contributed by atoms with Gasteiger partial charge in [0.05, 0.1) is 5.70 Å². The minimum atomic E-state index is 0.724. The van der Waals surface area contributed by atoms with Gasteiger partial charge in [-0.1, -0.05) is 13.0 Å². The van der Waals surface area contributed by atoms with Gasteiger partial charge in [0.2, 0.25) is 0 Å².